The van der Waals surface area contributed by atoms with Gasteiger partial charge in [-0.2, -0.15) is 0 Å². The van der Waals surface area contributed by atoms with E-state index in [0.29, 0.717) is 25.1 Å². The molecule has 1 aliphatic rings. The number of amides is 2. The average Bonchev–Trinajstić information content (AvgIpc) is 2.88. The van der Waals surface area contributed by atoms with Gasteiger partial charge in [-0.1, -0.05) is 36.4 Å². The van der Waals surface area contributed by atoms with E-state index < -0.39 is 5.60 Å². The quantitative estimate of drug-likeness (QED) is 0.569. The van der Waals surface area contributed by atoms with Crippen molar-refractivity contribution in [1.29, 1.82) is 0 Å². The number of pyridine rings is 2. The van der Waals surface area contributed by atoms with E-state index in [1.54, 1.807) is 41.7 Å². The molecular weight excluding hydrogens is 416 g/mol. The van der Waals surface area contributed by atoms with Gasteiger partial charge in [-0.25, -0.2) is 0 Å². The molecule has 1 N–H and O–H groups in total. The highest BCUT2D eigenvalue weighted by atomic mass is 16.5. The van der Waals surface area contributed by atoms with Crippen LogP contribution in [0.15, 0.2) is 86.0 Å². The highest BCUT2D eigenvalue weighted by Crippen LogP contribution is 2.27. The Balaban J connectivity index is 1.58. The molecule has 0 bridgehead atoms. The Kier molecular flexibility index (Phi) is 6.90. The van der Waals surface area contributed by atoms with E-state index in [1.165, 1.54) is 0 Å². The maximum atomic E-state index is 13.2. The zero-order valence-corrected chi connectivity index (χ0v) is 18.3. The van der Waals surface area contributed by atoms with Crippen LogP contribution < -0.4 is 5.32 Å². The Morgan fingerprint density at radius 3 is 2.55 bits per heavy atom. The second kappa shape index (κ2) is 10.2. The fourth-order valence-corrected chi connectivity index (χ4v) is 3.96. The molecule has 7 nitrogen and oxygen atoms in total. The summed E-state index contributed by atoms with van der Waals surface area (Å²) in [6.45, 7) is 4.83. The average molecular weight is 443 g/mol. The summed E-state index contributed by atoms with van der Waals surface area (Å²) in [4.78, 5) is 36.1. The van der Waals surface area contributed by atoms with E-state index in [-0.39, 0.29) is 25.0 Å². The molecule has 3 aromatic rings. The van der Waals surface area contributed by atoms with Crippen LogP contribution in [0.25, 0.3) is 11.1 Å². The summed E-state index contributed by atoms with van der Waals surface area (Å²) in [5.74, 6) is -0.403. The van der Waals surface area contributed by atoms with E-state index in [9.17, 15) is 9.59 Å². The van der Waals surface area contributed by atoms with Crippen molar-refractivity contribution >= 4 is 11.8 Å². The molecule has 4 rings (SSSR count). The highest BCUT2D eigenvalue weighted by molar-refractivity contribution is 5.95. The summed E-state index contributed by atoms with van der Waals surface area (Å²) in [5, 5.41) is 2.86. The van der Waals surface area contributed by atoms with E-state index in [1.807, 2.05) is 42.6 Å². The van der Waals surface area contributed by atoms with E-state index in [4.69, 9.17) is 4.74 Å². The van der Waals surface area contributed by atoms with Gasteiger partial charge in [-0.05, 0) is 34.9 Å². The van der Waals surface area contributed by atoms with E-state index in [0.717, 1.165) is 16.7 Å². The fourth-order valence-electron chi connectivity index (χ4n) is 3.96. The number of rotatable bonds is 7. The first-order valence-electron chi connectivity index (χ1n) is 10.8. The van der Waals surface area contributed by atoms with Crippen LogP contribution in [0.4, 0.5) is 0 Å². The summed E-state index contributed by atoms with van der Waals surface area (Å²) in [7, 11) is 0. The molecule has 33 heavy (non-hydrogen) atoms. The molecule has 2 aromatic heterocycles. The third-order valence-corrected chi connectivity index (χ3v) is 5.66. The lowest BCUT2D eigenvalue weighted by molar-refractivity contribution is -0.157. The Morgan fingerprint density at radius 2 is 1.85 bits per heavy atom. The van der Waals surface area contributed by atoms with E-state index in [2.05, 4.69) is 21.9 Å². The topological polar surface area (TPSA) is 84.4 Å². The van der Waals surface area contributed by atoms with Gasteiger partial charge in [0.2, 0.25) is 0 Å². The number of carbonyl (C=O) groups is 2. The maximum Gasteiger partial charge on any atom is 0.254 e. The predicted octanol–water partition coefficient (Wildman–Crippen LogP) is 2.90. The number of aromatic nitrogens is 2. The number of hydrogen-bond donors (Lipinski definition) is 1. The monoisotopic (exact) mass is 442 g/mol. The minimum absolute atomic E-state index is 0.145. The third-order valence-electron chi connectivity index (χ3n) is 5.66. The summed E-state index contributed by atoms with van der Waals surface area (Å²) >= 11 is 0. The summed E-state index contributed by atoms with van der Waals surface area (Å²) in [5.41, 5.74) is 2.34. The van der Waals surface area contributed by atoms with Crippen LogP contribution in [0.5, 0.6) is 0 Å². The molecule has 0 spiro atoms. The molecule has 1 fully saturated rings. The zero-order chi connectivity index (χ0) is 23.1. The molecule has 7 heteroatoms. The number of nitrogens with zero attached hydrogens (tertiary/aromatic N) is 3. The maximum absolute atomic E-state index is 13.2. The fraction of sp³-hybridized carbons (Fsp3) is 0.231. The summed E-state index contributed by atoms with van der Waals surface area (Å²) in [6, 6.07) is 15.2. The van der Waals surface area contributed by atoms with Crippen molar-refractivity contribution in [1.82, 2.24) is 20.2 Å². The Hall–Kier alpha value is -3.84. The number of benzene rings is 1. The van der Waals surface area contributed by atoms with Crippen LogP contribution in [-0.2, 0) is 16.0 Å². The SMILES string of the molecule is C=CCNC(=O)[C@@]1(Cc2ccc(-c3cccnc3)cc2)CN(C(=O)c2ccncc2)CCO1. The number of carbonyl (C=O) groups excluding carboxylic acids is 2. The number of hydrogen-bond acceptors (Lipinski definition) is 5. The van der Waals surface area contributed by atoms with Crippen LogP contribution >= 0.6 is 0 Å². The van der Waals surface area contributed by atoms with E-state index >= 15 is 0 Å². The molecule has 1 aromatic carbocycles. The van der Waals surface area contributed by atoms with Crippen LogP contribution in [0.2, 0.25) is 0 Å². The zero-order valence-electron chi connectivity index (χ0n) is 18.3. The molecule has 168 valence electrons. The Morgan fingerprint density at radius 1 is 1.06 bits per heavy atom. The van der Waals surface area contributed by atoms with Crippen molar-refractivity contribution in [2.75, 3.05) is 26.2 Å². The van der Waals surface area contributed by atoms with Crippen LogP contribution in [0, 0.1) is 0 Å². The lowest BCUT2D eigenvalue weighted by atomic mass is 9.90. The molecule has 0 aliphatic carbocycles. The van der Waals surface area contributed by atoms with Gasteiger partial charge in [0.15, 0.2) is 5.60 Å². The Bertz CT molecular complexity index is 1100. The largest absolute Gasteiger partial charge is 0.361 e. The second-order valence-corrected chi connectivity index (χ2v) is 7.92. The minimum Gasteiger partial charge on any atom is -0.361 e. The first kappa shape index (κ1) is 22.4. The van der Waals surface area contributed by atoms with Gasteiger partial charge in [-0.15, -0.1) is 6.58 Å². The molecule has 0 radical (unpaired) electrons. The van der Waals surface area contributed by atoms with Crippen molar-refractivity contribution in [2.24, 2.45) is 0 Å². The lowest BCUT2D eigenvalue weighted by Gasteiger charge is -2.41. The Labute approximate surface area is 193 Å². The van der Waals surface area contributed by atoms with Crippen molar-refractivity contribution < 1.29 is 14.3 Å². The summed E-state index contributed by atoms with van der Waals surface area (Å²) < 4.78 is 6.10. The van der Waals surface area contributed by atoms with Gasteiger partial charge in [0.05, 0.1) is 13.2 Å². The van der Waals surface area contributed by atoms with Crippen molar-refractivity contribution in [3.05, 3.63) is 97.1 Å². The summed E-state index contributed by atoms with van der Waals surface area (Å²) in [6.07, 6.45) is 8.68. The van der Waals surface area contributed by atoms with Crippen molar-refractivity contribution in [3.8, 4) is 11.1 Å². The molecule has 0 unspecified atom stereocenters. The lowest BCUT2D eigenvalue weighted by Crippen LogP contribution is -2.62. The second-order valence-electron chi connectivity index (χ2n) is 7.92. The van der Waals surface area contributed by atoms with Gasteiger partial charge in [0, 0.05) is 49.9 Å². The van der Waals surface area contributed by atoms with Gasteiger partial charge >= 0.3 is 0 Å². The van der Waals surface area contributed by atoms with Crippen LogP contribution in [-0.4, -0.2) is 58.5 Å². The van der Waals surface area contributed by atoms with Gasteiger partial charge in [0.1, 0.15) is 0 Å². The van der Waals surface area contributed by atoms with Gasteiger partial charge < -0.3 is 15.0 Å². The molecule has 1 aliphatic heterocycles. The molecule has 1 saturated heterocycles. The van der Waals surface area contributed by atoms with Gasteiger partial charge in [-0.3, -0.25) is 19.6 Å². The third kappa shape index (κ3) is 5.15. The molecule has 1 atom stereocenters. The number of nitrogens with one attached hydrogen (secondary N) is 1. The molecule has 3 heterocycles. The smallest absolute Gasteiger partial charge is 0.254 e. The molecular formula is C26H26N4O3. The first-order valence-corrected chi connectivity index (χ1v) is 10.8. The van der Waals surface area contributed by atoms with Gasteiger partial charge in [0.25, 0.3) is 11.8 Å². The van der Waals surface area contributed by atoms with Crippen molar-refractivity contribution in [3.63, 3.8) is 0 Å². The highest BCUT2D eigenvalue weighted by Gasteiger charge is 2.45. The number of ether oxygens (including phenoxy) is 1. The molecule has 0 saturated carbocycles. The van der Waals surface area contributed by atoms with Crippen LogP contribution in [0.3, 0.4) is 0 Å². The number of morpholine rings is 1. The molecule has 2 amide bonds. The minimum atomic E-state index is -1.19. The first-order chi connectivity index (χ1) is 16.1. The predicted molar refractivity (Wildman–Crippen MR) is 125 cm³/mol. The van der Waals surface area contributed by atoms with Crippen LogP contribution in [0.1, 0.15) is 15.9 Å². The normalized spacial score (nSPS) is 17.9. The van der Waals surface area contributed by atoms with Crippen molar-refractivity contribution in [2.45, 2.75) is 12.0 Å². The standard InChI is InChI=1S/C26H26N4O3/c1-2-11-29-25(32)26(17-20-5-7-21(8-6-20)23-4-3-12-28-18-23)19-30(15-16-33-26)24(31)22-9-13-27-14-10-22/h2-10,12-14,18H,1,11,15-17,19H2,(H,29,32)/t26-/m1/s1.